The molecule has 0 radical (unpaired) electrons. The number of hydrogen-bond acceptors (Lipinski definition) is 10. The number of hydrogen-bond donors (Lipinski definition) is 3. The van der Waals surface area contributed by atoms with E-state index in [1.807, 2.05) is 60.4 Å². The molecule has 0 fully saturated rings. The summed E-state index contributed by atoms with van der Waals surface area (Å²) in [6, 6.07) is 14.6. The number of amidine groups is 1. The smallest absolute Gasteiger partial charge is 0.322 e. The van der Waals surface area contributed by atoms with Crippen molar-refractivity contribution in [2.24, 2.45) is 4.99 Å². The lowest BCUT2D eigenvalue weighted by molar-refractivity contribution is -0.757. The van der Waals surface area contributed by atoms with Crippen LogP contribution in [0.4, 0.5) is 0 Å². The molecule has 15 heteroatoms. The van der Waals surface area contributed by atoms with Crippen LogP contribution in [0.25, 0.3) is 22.5 Å². The van der Waals surface area contributed by atoms with Crippen molar-refractivity contribution in [3.63, 3.8) is 0 Å². The number of amides is 1. The van der Waals surface area contributed by atoms with Crippen LogP contribution in [-0.4, -0.2) is 77.6 Å². The van der Waals surface area contributed by atoms with Crippen molar-refractivity contribution in [3.8, 4) is 22.5 Å². The molecule has 3 N–H and O–H groups in total. The Kier molecular flexibility index (Phi) is 10.6. The van der Waals surface area contributed by atoms with E-state index in [9.17, 15) is 24.8 Å². The van der Waals surface area contributed by atoms with Gasteiger partial charge in [-0.25, -0.2) is 4.99 Å². The number of carbonyl (C=O) groups excluding carboxylic acids is 1. The van der Waals surface area contributed by atoms with Crippen molar-refractivity contribution in [2.75, 3.05) is 13.2 Å². The van der Waals surface area contributed by atoms with Crippen LogP contribution in [0.3, 0.4) is 0 Å². The number of nitrogens with zero attached hydrogens (tertiary/aromatic N) is 6. The highest BCUT2D eigenvalue weighted by Gasteiger charge is 2.50. The molecule has 0 aliphatic carbocycles. The molecule has 0 bridgehead atoms. The highest BCUT2D eigenvalue weighted by atomic mass is 35.5. The maximum atomic E-state index is 13.4. The Morgan fingerprint density at radius 3 is 2.56 bits per heavy atom. The summed E-state index contributed by atoms with van der Waals surface area (Å²) in [5.41, 5.74) is 3.57. The molecule has 4 rings (SSSR count). The van der Waals surface area contributed by atoms with E-state index in [-0.39, 0.29) is 13.0 Å². The highest BCUT2D eigenvalue weighted by molar-refractivity contribution is 6.28. The van der Waals surface area contributed by atoms with Gasteiger partial charge in [0, 0.05) is 18.5 Å². The number of aromatic nitrogens is 4. The third-order valence-corrected chi connectivity index (χ3v) is 7.52. The van der Waals surface area contributed by atoms with Gasteiger partial charge in [0.25, 0.3) is 5.09 Å². The van der Waals surface area contributed by atoms with Crippen LogP contribution >= 0.6 is 11.6 Å². The number of aliphatic imine (C=N–C) groups is 1. The molecule has 2 heterocycles. The van der Waals surface area contributed by atoms with Gasteiger partial charge in [0.1, 0.15) is 18.4 Å². The number of carboxylic acids is 1. The summed E-state index contributed by atoms with van der Waals surface area (Å²) >= 11 is 7.06. The highest BCUT2D eigenvalue weighted by Crippen LogP contribution is 2.39. The van der Waals surface area contributed by atoms with Gasteiger partial charge < -0.3 is 20.2 Å². The number of tetrazole rings is 1. The van der Waals surface area contributed by atoms with Crippen molar-refractivity contribution in [1.82, 2.24) is 30.8 Å². The van der Waals surface area contributed by atoms with E-state index in [0.29, 0.717) is 37.5 Å². The number of benzene rings is 2. The number of aliphatic carboxylic acids is 1. The fraction of sp³-hybridized carbons (Fsp3) is 0.429. The Labute approximate surface area is 252 Å². The molecule has 1 aliphatic heterocycles. The molecule has 1 aromatic heterocycles. The van der Waals surface area contributed by atoms with Crippen LogP contribution in [0.5, 0.6) is 0 Å². The predicted octanol–water partition coefficient (Wildman–Crippen LogP) is 3.82. The Balaban J connectivity index is 1.59. The van der Waals surface area contributed by atoms with Crippen LogP contribution in [0, 0.1) is 10.1 Å². The van der Waals surface area contributed by atoms with Crippen molar-refractivity contribution in [3.05, 3.63) is 64.2 Å². The number of H-pyrrole nitrogens is 1. The fourth-order valence-corrected chi connectivity index (χ4v) is 5.49. The summed E-state index contributed by atoms with van der Waals surface area (Å²) in [6.45, 7) is 1.68. The molecular formula is C28H33ClN8O6. The van der Waals surface area contributed by atoms with E-state index in [1.165, 1.54) is 0 Å². The van der Waals surface area contributed by atoms with Gasteiger partial charge in [-0.1, -0.05) is 73.5 Å². The first kappa shape index (κ1) is 31.3. The van der Waals surface area contributed by atoms with Crippen LogP contribution in [-0.2, 0) is 21.0 Å². The van der Waals surface area contributed by atoms with Crippen LogP contribution in [0.15, 0.2) is 53.5 Å². The number of halogens is 1. The number of alkyl halides is 1. The van der Waals surface area contributed by atoms with Gasteiger partial charge >= 0.3 is 5.97 Å². The van der Waals surface area contributed by atoms with E-state index in [2.05, 4.69) is 30.8 Å². The predicted molar refractivity (Wildman–Crippen MR) is 157 cm³/mol. The van der Waals surface area contributed by atoms with E-state index in [1.54, 1.807) is 0 Å². The molecule has 228 valence electrons. The first-order valence-corrected chi connectivity index (χ1v) is 14.3. The lowest BCUT2D eigenvalue weighted by Crippen LogP contribution is -2.54. The monoisotopic (exact) mass is 612 g/mol. The van der Waals surface area contributed by atoms with Crippen LogP contribution < -0.4 is 5.32 Å². The molecule has 2 aromatic carbocycles. The Morgan fingerprint density at radius 1 is 1.16 bits per heavy atom. The van der Waals surface area contributed by atoms with Gasteiger partial charge in [-0.05, 0) is 47.6 Å². The SMILES string of the molecule is CCCCC1=NC(Cl)(CCCCO[N+](=O)[O-])C(C(=O)NCC(=O)O)N1Cc1ccc(-c2ccccc2-c2nn[nH]n2)cc1. The van der Waals surface area contributed by atoms with E-state index >= 15 is 0 Å². The van der Waals surface area contributed by atoms with Gasteiger partial charge in [0.05, 0.1) is 6.61 Å². The third kappa shape index (κ3) is 8.03. The van der Waals surface area contributed by atoms with Gasteiger partial charge in [0.15, 0.2) is 5.00 Å². The van der Waals surface area contributed by atoms with Crippen LogP contribution in [0.2, 0.25) is 0 Å². The number of rotatable bonds is 16. The van der Waals surface area contributed by atoms with E-state index in [4.69, 9.17) is 16.6 Å². The second kappa shape index (κ2) is 14.5. The first-order valence-electron chi connectivity index (χ1n) is 13.9. The Hall–Kier alpha value is -4.59. The number of unbranched alkanes of at least 4 members (excludes halogenated alkanes) is 2. The number of carbonyl (C=O) groups is 2. The Bertz CT molecular complexity index is 1440. The van der Waals surface area contributed by atoms with Crippen molar-refractivity contribution < 1.29 is 24.6 Å². The van der Waals surface area contributed by atoms with Gasteiger partial charge in [-0.3, -0.25) is 9.59 Å². The summed E-state index contributed by atoms with van der Waals surface area (Å²) < 4.78 is 0. The second-order valence-corrected chi connectivity index (χ2v) is 10.7. The standard InChI is InChI=1S/C28H33ClN8O6/c1-2-3-10-23-31-28(29,15-6-7-16-43-37(41)42)25(27(40)30-17-24(38)39)36(23)18-19-11-13-20(14-12-19)21-8-4-5-9-22(21)26-32-34-35-33-26/h4-5,8-9,11-14,25H,2-3,6-7,10,15-18H2,1H3,(H,30,40)(H,38,39)(H,32,33,34,35). The maximum absolute atomic E-state index is 13.4. The molecule has 1 aliphatic rings. The normalized spacial score (nSPS) is 17.9. The number of aromatic amines is 1. The zero-order valence-electron chi connectivity index (χ0n) is 23.6. The molecule has 14 nitrogen and oxygen atoms in total. The van der Waals surface area contributed by atoms with E-state index in [0.717, 1.165) is 35.1 Å². The molecule has 2 unspecified atom stereocenters. The fourth-order valence-electron chi connectivity index (χ4n) is 5.05. The van der Waals surface area contributed by atoms with Gasteiger partial charge in [0.2, 0.25) is 11.7 Å². The van der Waals surface area contributed by atoms with Crippen molar-refractivity contribution in [2.45, 2.75) is 63.0 Å². The lowest BCUT2D eigenvalue weighted by atomic mass is 9.97. The first-order chi connectivity index (χ1) is 20.7. The minimum absolute atomic E-state index is 0.103. The summed E-state index contributed by atoms with van der Waals surface area (Å²) in [5.74, 6) is -0.605. The minimum atomic E-state index is -1.39. The summed E-state index contributed by atoms with van der Waals surface area (Å²) in [6.07, 6.45) is 3.27. The molecular weight excluding hydrogens is 580 g/mol. The molecule has 0 spiro atoms. The van der Waals surface area contributed by atoms with Crippen molar-refractivity contribution >= 4 is 29.3 Å². The summed E-state index contributed by atoms with van der Waals surface area (Å²) in [4.78, 5) is 44.8. The minimum Gasteiger partial charge on any atom is -0.480 e. The van der Waals surface area contributed by atoms with Gasteiger partial charge in [-0.15, -0.1) is 20.3 Å². The van der Waals surface area contributed by atoms with E-state index < -0.39 is 34.5 Å². The molecule has 3 aromatic rings. The topological polar surface area (TPSA) is 189 Å². The number of carboxylic acid groups (broad SMARTS) is 1. The second-order valence-electron chi connectivity index (χ2n) is 10.1. The lowest BCUT2D eigenvalue weighted by Gasteiger charge is -2.33. The number of nitrogens with one attached hydrogen (secondary N) is 2. The Morgan fingerprint density at radius 2 is 1.91 bits per heavy atom. The van der Waals surface area contributed by atoms with Crippen molar-refractivity contribution in [1.29, 1.82) is 0 Å². The zero-order chi connectivity index (χ0) is 30.8. The molecule has 43 heavy (non-hydrogen) atoms. The van der Waals surface area contributed by atoms with Gasteiger partial charge in [-0.2, -0.15) is 5.21 Å². The maximum Gasteiger partial charge on any atom is 0.322 e. The quantitative estimate of drug-likeness (QED) is 0.0705. The third-order valence-electron chi connectivity index (χ3n) is 7.04. The summed E-state index contributed by atoms with van der Waals surface area (Å²) in [7, 11) is 0. The zero-order valence-corrected chi connectivity index (χ0v) is 24.4. The van der Waals surface area contributed by atoms with Crippen LogP contribution in [0.1, 0.15) is 51.0 Å². The molecule has 0 saturated heterocycles. The molecule has 1 amide bonds. The largest absolute Gasteiger partial charge is 0.480 e. The molecule has 2 atom stereocenters. The summed E-state index contributed by atoms with van der Waals surface area (Å²) in [5, 5.41) is 35.6. The average molecular weight is 613 g/mol. The molecule has 0 saturated carbocycles. The average Bonchev–Trinajstić information content (AvgIpc) is 3.62.